The van der Waals surface area contributed by atoms with Crippen molar-refractivity contribution in [1.82, 2.24) is 5.32 Å². The van der Waals surface area contributed by atoms with E-state index in [1.807, 2.05) is 32.0 Å². The summed E-state index contributed by atoms with van der Waals surface area (Å²) in [7, 11) is 0. The average Bonchev–Trinajstić information content (AvgIpc) is 2.70. The number of nitro benzene ring substituents is 1. The Morgan fingerprint density at radius 1 is 1.07 bits per heavy atom. The summed E-state index contributed by atoms with van der Waals surface area (Å²) < 4.78 is 5.12. The third kappa shape index (κ3) is 6.13. The van der Waals surface area contributed by atoms with E-state index in [1.54, 1.807) is 0 Å². The van der Waals surface area contributed by atoms with Crippen molar-refractivity contribution in [2.45, 2.75) is 33.3 Å². The van der Waals surface area contributed by atoms with Crippen LogP contribution in [0.15, 0.2) is 42.5 Å². The largest absolute Gasteiger partial charge is 0.452 e. The maximum absolute atomic E-state index is 12.3. The number of benzene rings is 2. The molecule has 0 aliphatic rings. The second kappa shape index (κ2) is 10.1. The molecular weight excluding hydrogens is 390 g/mol. The van der Waals surface area contributed by atoms with Gasteiger partial charge in [0, 0.05) is 29.9 Å². The number of esters is 1. The van der Waals surface area contributed by atoms with E-state index < -0.39 is 28.8 Å². The summed E-state index contributed by atoms with van der Waals surface area (Å²) in [5.41, 5.74) is 2.59. The highest BCUT2D eigenvalue weighted by Crippen LogP contribution is 2.19. The molecule has 158 valence electrons. The molecule has 0 aromatic heterocycles. The van der Waals surface area contributed by atoms with Crippen molar-refractivity contribution in [1.29, 1.82) is 0 Å². The maximum Gasteiger partial charge on any atom is 0.308 e. The Morgan fingerprint density at radius 3 is 2.23 bits per heavy atom. The molecule has 30 heavy (non-hydrogen) atoms. The molecule has 0 aliphatic carbocycles. The van der Waals surface area contributed by atoms with E-state index in [1.165, 1.54) is 31.2 Å². The highest BCUT2D eigenvalue weighted by Gasteiger charge is 2.19. The van der Waals surface area contributed by atoms with Crippen molar-refractivity contribution in [2.75, 3.05) is 11.9 Å². The van der Waals surface area contributed by atoms with Gasteiger partial charge in [-0.1, -0.05) is 18.2 Å². The molecule has 0 unspecified atom stereocenters. The van der Waals surface area contributed by atoms with Crippen LogP contribution in [0.1, 0.15) is 34.8 Å². The molecule has 0 radical (unpaired) electrons. The lowest BCUT2D eigenvalue weighted by Crippen LogP contribution is -2.32. The van der Waals surface area contributed by atoms with Gasteiger partial charge in [0.15, 0.2) is 6.10 Å². The molecular formula is C21H23N3O6. The fourth-order valence-corrected chi connectivity index (χ4v) is 2.66. The van der Waals surface area contributed by atoms with Gasteiger partial charge in [-0.3, -0.25) is 24.5 Å². The van der Waals surface area contributed by atoms with E-state index in [2.05, 4.69) is 10.6 Å². The summed E-state index contributed by atoms with van der Waals surface area (Å²) in [6.45, 7) is 5.20. The van der Waals surface area contributed by atoms with Crippen molar-refractivity contribution >= 4 is 29.2 Å². The van der Waals surface area contributed by atoms with Crippen LogP contribution in [0.2, 0.25) is 0 Å². The standard InChI is InChI=1S/C21H23N3O6/c1-13-5-4-6-14(2)19(13)23-20(26)15(3)30-18(25)11-12-22-21(27)16-7-9-17(10-8-16)24(28)29/h4-10,15H,11-12H2,1-3H3,(H,22,27)(H,23,26)/t15-/m1/s1. The Morgan fingerprint density at radius 2 is 1.67 bits per heavy atom. The van der Waals surface area contributed by atoms with Gasteiger partial charge in [0.05, 0.1) is 11.3 Å². The third-order valence-corrected chi connectivity index (χ3v) is 4.36. The van der Waals surface area contributed by atoms with Crippen molar-refractivity contribution in [3.05, 3.63) is 69.3 Å². The molecule has 0 bridgehead atoms. The van der Waals surface area contributed by atoms with Crippen LogP contribution in [0.4, 0.5) is 11.4 Å². The first-order valence-corrected chi connectivity index (χ1v) is 9.28. The number of aryl methyl sites for hydroxylation is 2. The van der Waals surface area contributed by atoms with E-state index >= 15 is 0 Å². The first kappa shape index (κ1) is 22.5. The number of para-hydroxylation sites is 1. The second-order valence-corrected chi connectivity index (χ2v) is 6.70. The van der Waals surface area contributed by atoms with Crippen LogP contribution >= 0.6 is 0 Å². The molecule has 2 aromatic rings. The first-order chi connectivity index (χ1) is 14.2. The van der Waals surface area contributed by atoms with Gasteiger partial charge >= 0.3 is 5.97 Å². The Kier molecular flexibility index (Phi) is 7.62. The minimum absolute atomic E-state index is 0.000104. The quantitative estimate of drug-likeness (QED) is 0.389. The Balaban J connectivity index is 1.78. The predicted molar refractivity (Wildman–Crippen MR) is 110 cm³/mol. The number of rotatable bonds is 8. The summed E-state index contributed by atoms with van der Waals surface area (Å²) in [6.07, 6.45) is -1.12. The number of non-ortho nitro benzene ring substituents is 1. The van der Waals surface area contributed by atoms with Crippen molar-refractivity contribution in [3.8, 4) is 0 Å². The number of hydrogen-bond acceptors (Lipinski definition) is 6. The number of nitrogens with zero attached hydrogens (tertiary/aromatic N) is 1. The van der Waals surface area contributed by atoms with Gasteiger partial charge in [-0.15, -0.1) is 0 Å². The van der Waals surface area contributed by atoms with Gasteiger partial charge in [-0.25, -0.2) is 0 Å². The number of nitrogens with one attached hydrogen (secondary N) is 2. The molecule has 1 atom stereocenters. The normalized spacial score (nSPS) is 11.3. The zero-order valence-electron chi connectivity index (χ0n) is 16.9. The number of nitro groups is 1. The minimum atomic E-state index is -0.998. The van der Waals surface area contributed by atoms with Gasteiger partial charge in [0.1, 0.15) is 0 Å². The Hall–Kier alpha value is -3.75. The van der Waals surface area contributed by atoms with E-state index in [9.17, 15) is 24.5 Å². The third-order valence-electron chi connectivity index (χ3n) is 4.36. The van der Waals surface area contributed by atoms with Crippen LogP contribution in [0.25, 0.3) is 0 Å². The predicted octanol–water partition coefficient (Wildman–Crippen LogP) is 2.90. The van der Waals surface area contributed by atoms with Gasteiger partial charge < -0.3 is 15.4 Å². The highest BCUT2D eigenvalue weighted by molar-refractivity contribution is 5.96. The molecule has 9 heteroatoms. The van der Waals surface area contributed by atoms with Crippen molar-refractivity contribution in [2.24, 2.45) is 0 Å². The highest BCUT2D eigenvalue weighted by atomic mass is 16.6. The molecule has 2 N–H and O–H groups in total. The van der Waals surface area contributed by atoms with Crippen LogP contribution in [0.3, 0.4) is 0 Å². The summed E-state index contributed by atoms with van der Waals surface area (Å²) in [5.74, 6) is -1.56. The van der Waals surface area contributed by atoms with Crippen LogP contribution in [-0.4, -0.2) is 35.4 Å². The van der Waals surface area contributed by atoms with Crippen LogP contribution in [0, 0.1) is 24.0 Å². The summed E-state index contributed by atoms with van der Waals surface area (Å²) in [4.78, 5) is 46.3. The van der Waals surface area contributed by atoms with Crippen LogP contribution < -0.4 is 10.6 Å². The number of carbonyl (C=O) groups excluding carboxylic acids is 3. The van der Waals surface area contributed by atoms with Crippen molar-refractivity contribution in [3.63, 3.8) is 0 Å². The van der Waals surface area contributed by atoms with Gasteiger partial charge in [0.25, 0.3) is 17.5 Å². The van der Waals surface area contributed by atoms with Gasteiger partial charge in [-0.2, -0.15) is 0 Å². The van der Waals surface area contributed by atoms with Crippen molar-refractivity contribution < 1.29 is 24.0 Å². The fraction of sp³-hybridized carbons (Fsp3) is 0.286. The van der Waals surface area contributed by atoms with Gasteiger partial charge in [0.2, 0.25) is 0 Å². The lowest BCUT2D eigenvalue weighted by atomic mass is 10.1. The van der Waals surface area contributed by atoms with Crippen LogP contribution in [-0.2, 0) is 14.3 Å². The first-order valence-electron chi connectivity index (χ1n) is 9.28. The molecule has 0 saturated heterocycles. The summed E-state index contributed by atoms with van der Waals surface area (Å²) in [5, 5.41) is 15.9. The van der Waals surface area contributed by atoms with Gasteiger partial charge in [-0.05, 0) is 44.0 Å². The van der Waals surface area contributed by atoms with E-state index in [-0.39, 0.29) is 24.2 Å². The second-order valence-electron chi connectivity index (χ2n) is 6.70. The molecule has 2 aromatic carbocycles. The Bertz CT molecular complexity index is 935. The molecule has 2 rings (SSSR count). The molecule has 0 fully saturated rings. The number of amides is 2. The zero-order valence-corrected chi connectivity index (χ0v) is 16.9. The molecule has 2 amide bonds. The summed E-state index contributed by atoms with van der Waals surface area (Å²) >= 11 is 0. The van der Waals surface area contributed by atoms with E-state index in [4.69, 9.17) is 4.74 Å². The molecule has 9 nitrogen and oxygen atoms in total. The molecule has 0 heterocycles. The topological polar surface area (TPSA) is 128 Å². The van der Waals surface area contributed by atoms with E-state index in [0.29, 0.717) is 5.69 Å². The number of hydrogen-bond donors (Lipinski definition) is 2. The lowest BCUT2D eigenvalue weighted by molar-refractivity contribution is -0.384. The number of carbonyl (C=O) groups is 3. The van der Waals surface area contributed by atoms with E-state index in [0.717, 1.165) is 11.1 Å². The molecule has 0 aliphatic heterocycles. The fourth-order valence-electron chi connectivity index (χ4n) is 2.66. The number of ether oxygens (including phenoxy) is 1. The Labute approximate surface area is 173 Å². The van der Waals surface area contributed by atoms with Crippen LogP contribution in [0.5, 0.6) is 0 Å². The minimum Gasteiger partial charge on any atom is -0.452 e. The average molecular weight is 413 g/mol. The summed E-state index contributed by atoms with van der Waals surface area (Å²) in [6, 6.07) is 10.7. The molecule has 0 saturated carbocycles. The lowest BCUT2D eigenvalue weighted by Gasteiger charge is -2.16. The monoisotopic (exact) mass is 413 g/mol. The SMILES string of the molecule is Cc1cccc(C)c1NC(=O)[C@@H](C)OC(=O)CCNC(=O)c1ccc([N+](=O)[O-])cc1. The smallest absolute Gasteiger partial charge is 0.308 e. The molecule has 0 spiro atoms. The maximum atomic E-state index is 12.3. The zero-order chi connectivity index (χ0) is 22.3. The number of anilines is 1.